The zero-order chi connectivity index (χ0) is 14.4. The molecule has 1 saturated carbocycles. The maximum atomic E-state index is 11.7. The second-order valence-corrected chi connectivity index (χ2v) is 5.10. The molecule has 1 aromatic carbocycles. The SMILES string of the molecule is CNCCCC(=O)Nc1cccc(NC(=O)C2CC2)c1.Cl. The van der Waals surface area contributed by atoms with Crippen molar-refractivity contribution in [3.63, 3.8) is 0 Å². The Kier molecular flexibility index (Phi) is 7.19. The van der Waals surface area contributed by atoms with Crippen LogP contribution in [0.15, 0.2) is 24.3 Å². The number of carbonyl (C=O) groups is 2. The monoisotopic (exact) mass is 311 g/mol. The Balaban J connectivity index is 0.00000220. The summed E-state index contributed by atoms with van der Waals surface area (Å²) in [5, 5.41) is 8.72. The van der Waals surface area contributed by atoms with E-state index in [0.29, 0.717) is 12.1 Å². The highest BCUT2D eigenvalue weighted by Crippen LogP contribution is 2.30. The number of amides is 2. The van der Waals surface area contributed by atoms with Gasteiger partial charge in [-0.25, -0.2) is 0 Å². The van der Waals surface area contributed by atoms with Crippen LogP contribution in [0.3, 0.4) is 0 Å². The zero-order valence-corrected chi connectivity index (χ0v) is 13.0. The number of rotatable bonds is 7. The van der Waals surface area contributed by atoms with E-state index in [1.807, 2.05) is 25.2 Å². The number of carbonyl (C=O) groups excluding carboxylic acids is 2. The van der Waals surface area contributed by atoms with Gasteiger partial charge in [0.1, 0.15) is 0 Å². The third-order valence-electron chi connectivity index (χ3n) is 3.19. The lowest BCUT2D eigenvalue weighted by atomic mass is 10.2. The molecule has 2 rings (SSSR count). The van der Waals surface area contributed by atoms with Gasteiger partial charge in [0.25, 0.3) is 0 Å². The molecule has 0 bridgehead atoms. The van der Waals surface area contributed by atoms with Gasteiger partial charge in [-0.3, -0.25) is 9.59 Å². The molecular formula is C15H22ClN3O2. The Hall–Kier alpha value is -1.59. The van der Waals surface area contributed by atoms with E-state index in [4.69, 9.17) is 0 Å². The van der Waals surface area contributed by atoms with Crippen molar-refractivity contribution in [3.05, 3.63) is 24.3 Å². The third kappa shape index (κ3) is 6.14. The first-order chi connectivity index (χ1) is 9.69. The fourth-order valence-corrected chi connectivity index (χ4v) is 1.91. The molecule has 1 aliphatic rings. The van der Waals surface area contributed by atoms with Gasteiger partial charge in [0.15, 0.2) is 0 Å². The summed E-state index contributed by atoms with van der Waals surface area (Å²) in [4.78, 5) is 23.4. The van der Waals surface area contributed by atoms with E-state index < -0.39 is 0 Å². The average molecular weight is 312 g/mol. The summed E-state index contributed by atoms with van der Waals surface area (Å²) in [6, 6.07) is 7.27. The predicted octanol–water partition coefficient (Wildman–Crippen LogP) is 2.40. The molecule has 0 aliphatic heterocycles. The number of hydrogen-bond donors (Lipinski definition) is 3. The van der Waals surface area contributed by atoms with Crippen LogP contribution in [-0.2, 0) is 9.59 Å². The van der Waals surface area contributed by atoms with Crippen molar-refractivity contribution >= 4 is 35.6 Å². The largest absolute Gasteiger partial charge is 0.326 e. The Morgan fingerprint density at radius 2 is 1.86 bits per heavy atom. The van der Waals surface area contributed by atoms with E-state index >= 15 is 0 Å². The molecule has 0 aromatic heterocycles. The fraction of sp³-hybridized carbons (Fsp3) is 0.467. The van der Waals surface area contributed by atoms with Crippen molar-refractivity contribution in [2.24, 2.45) is 5.92 Å². The van der Waals surface area contributed by atoms with Gasteiger partial charge in [-0.1, -0.05) is 6.07 Å². The van der Waals surface area contributed by atoms with E-state index in [1.54, 1.807) is 6.07 Å². The normalized spacial score (nSPS) is 13.2. The predicted molar refractivity (Wildman–Crippen MR) is 86.8 cm³/mol. The van der Waals surface area contributed by atoms with Gasteiger partial charge >= 0.3 is 0 Å². The lowest BCUT2D eigenvalue weighted by molar-refractivity contribution is -0.117. The van der Waals surface area contributed by atoms with E-state index in [1.165, 1.54) is 0 Å². The summed E-state index contributed by atoms with van der Waals surface area (Å²) in [7, 11) is 1.87. The molecule has 0 heterocycles. The van der Waals surface area contributed by atoms with Gasteiger partial charge < -0.3 is 16.0 Å². The van der Waals surface area contributed by atoms with Gasteiger partial charge in [-0.15, -0.1) is 12.4 Å². The summed E-state index contributed by atoms with van der Waals surface area (Å²) >= 11 is 0. The smallest absolute Gasteiger partial charge is 0.227 e. The van der Waals surface area contributed by atoms with Gasteiger partial charge in [0.05, 0.1) is 0 Å². The van der Waals surface area contributed by atoms with Crippen molar-refractivity contribution in [1.29, 1.82) is 0 Å². The van der Waals surface area contributed by atoms with Crippen molar-refractivity contribution < 1.29 is 9.59 Å². The minimum atomic E-state index is -0.00841. The zero-order valence-electron chi connectivity index (χ0n) is 12.1. The van der Waals surface area contributed by atoms with Crippen LogP contribution in [-0.4, -0.2) is 25.4 Å². The summed E-state index contributed by atoms with van der Waals surface area (Å²) in [6.07, 6.45) is 3.25. The van der Waals surface area contributed by atoms with E-state index in [-0.39, 0.29) is 30.1 Å². The highest BCUT2D eigenvalue weighted by molar-refractivity contribution is 5.95. The molecule has 116 valence electrons. The van der Waals surface area contributed by atoms with Gasteiger partial charge in [-0.2, -0.15) is 0 Å². The molecular weight excluding hydrogens is 290 g/mol. The summed E-state index contributed by atoms with van der Waals surface area (Å²) < 4.78 is 0. The van der Waals surface area contributed by atoms with Crippen LogP contribution >= 0.6 is 12.4 Å². The van der Waals surface area contributed by atoms with Gasteiger partial charge in [0.2, 0.25) is 11.8 Å². The standard InChI is InChI=1S/C15H21N3O2.ClH/c1-16-9-3-6-14(19)17-12-4-2-5-13(10-12)18-15(20)11-7-8-11;/h2,4-5,10-11,16H,3,6-9H2,1H3,(H,17,19)(H,18,20);1H. The van der Waals surface area contributed by atoms with Crippen LogP contribution in [0.5, 0.6) is 0 Å². The van der Waals surface area contributed by atoms with E-state index in [2.05, 4.69) is 16.0 Å². The first-order valence-electron chi connectivity index (χ1n) is 7.04. The molecule has 0 spiro atoms. The summed E-state index contributed by atoms with van der Waals surface area (Å²) in [5.74, 6) is 0.239. The summed E-state index contributed by atoms with van der Waals surface area (Å²) in [5.41, 5.74) is 1.45. The minimum Gasteiger partial charge on any atom is -0.326 e. The summed E-state index contributed by atoms with van der Waals surface area (Å²) in [6.45, 7) is 0.824. The number of nitrogens with one attached hydrogen (secondary N) is 3. The quantitative estimate of drug-likeness (QED) is 0.677. The van der Waals surface area contributed by atoms with Gasteiger partial charge in [-0.05, 0) is 51.1 Å². The number of anilines is 2. The average Bonchev–Trinajstić information content (AvgIpc) is 3.23. The lowest BCUT2D eigenvalue weighted by Gasteiger charge is -2.08. The Bertz CT molecular complexity index is 490. The molecule has 21 heavy (non-hydrogen) atoms. The van der Waals surface area contributed by atoms with Crippen LogP contribution < -0.4 is 16.0 Å². The molecule has 0 unspecified atom stereocenters. The van der Waals surface area contributed by atoms with E-state index in [9.17, 15) is 9.59 Å². The van der Waals surface area contributed by atoms with Crippen molar-refractivity contribution in [2.75, 3.05) is 24.2 Å². The number of halogens is 1. The van der Waals surface area contributed by atoms with Crippen molar-refractivity contribution in [2.45, 2.75) is 25.7 Å². The molecule has 2 amide bonds. The maximum absolute atomic E-state index is 11.7. The van der Waals surface area contributed by atoms with Crippen LogP contribution in [0.1, 0.15) is 25.7 Å². The highest BCUT2D eigenvalue weighted by atomic mass is 35.5. The van der Waals surface area contributed by atoms with Crippen molar-refractivity contribution in [1.82, 2.24) is 5.32 Å². The van der Waals surface area contributed by atoms with Crippen LogP contribution in [0.25, 0.3) is 0 Å². The number of benzene rings is 1. The Morgan fingerprint density at radius 3 is 2.48 bits per heavy atom. The lowest BCUT2D eigenvalue weighted by Crippen LogP contribution is -2.16. The molecule has 6 heteroatoms. The molecule has 1 aromatic rings. The first-order valence-corrected chi connectivity index (χ1v) is 7.04. The second-order valence-electron chi connectivity index (χ2n) is 5.10. The minimum absolute atomic E-state index is 0. The van der Waals surface area contributed by atoms with Crippen LogP contribution in [0, 0.1) is 5.92 Å². The van der Waals surface area contributed by atoms with Gasteiger partial charge in [0, 0.05) is 23.7 Å². The molecule has 0 saturated heterocycles. The molecule has 1 aliphatic carbocycles. The topological polar surface area (TPSA) is 70.2 Å². The van der Waals surface area contributed by atoms with Crippen LogP contribution in [0.2, 0.25) is 0 Å². The first kappa shape index (κ1) is 17.5. The molecule has 5 nitrogen and oxygen atoms in total. The Morgan fingerprint density at radius 1 is 1.19 bits per heavy atom. The van der Waals surface area contributed by atoms with E-state index in [0.717, 1.165) is 31.5 Å². The molecule has 0 atom stereocenters. The maximum Gasteiger partial charge on any atom is 0.227 e. The molecule has 3 N–H and O–H groups in total. The molecule has 0 radical (unpaired) electrons. The second kappa shape index (κ2) is 8.64. The highest BCUT2D eigenvalue weighted by Gasteiger charge is 2.29. The Labute approximate surface area is 131 Å². The van der Waals surface area contributed by atoms with Crippen LogP contribution in [0.4, 0.5) is 11.4 Å². The fourth-order valence-electron chi connectivity index (χ4n) is 1.91. The molecule has 1 fully saturated rings. The third-order valence-corrected chi connectivity index (χ3v) is 3.19. The van der Waals surface area contributed by atoms with Crippen molar-refractivity contribution in [3.8, 4) is 0 Å². The number of hydrogen-bond acceptors (Lipinski definition) is 3.